The lowest BCUT2D eigenvalue weighted by atomic mass is 10.2. The molecule has 2 heterocycles. The third kappa shape index (κ3) is 5.15. The van der Waals surface area contributed by atoms with Crippen LogP contribution >= 0.6 is 23.2 Å². The molecule has 0 atom stereocenters. The summed E-state index contributed by atoms with van der Waals surface area (Å²) in [4.78, 5) is 16.5. The molecule has 0 spiro atoms. The highest BCUT2D eigenvalue weighted by Crippen LogP contribution is 2.25. The minimum atomic E-state index is -0.750. The molecule has 32 heavy (non-hydrogen) atoms. The minimum Gasteiger partial charge on any atom is -0.441 e. The molecule has 0 aliphatic heterocycles. The van der Waals surface area contributed by atoms with Crippen molar-refractivity contribution in [3.63, 3.8) is 0 Å². The largest absolute Gasteiger partial charge is 0.441 e. The van der Waals surface area contributed by atoms with E-state index in [0.717, 1.165) is 17.7 Å². The Morgan fingerprint density at radius 2 is 1.97 bits per heavy atom. The molecule has 10 heteroatoms. The normalized spacial score (nSPS) is 11.0. The number of aryl methyl sites for hydroxylation is 1. The van der Waals surface area contributed by atoms with Crippen LogP contribution < -0.4 is 5.32 Å². The molecule has 0 radical (unpaired) electrons. The second-order valence-corrected chi connectivity index (χ2v) is 7.74. The molecule has 2 aromatic heterocycles. The van der Waals surface area contributed by atoms with Crippen LogP contribution in [-0.2, 0) is 17.8 Å². The monoisotopic (exact) mass is 476 g/mol. The number of hydrogen-bond acceptors (Lipinski definition) is 4. The van der Waals surface area contributed by atoms with Crippen molar-refractivity contribution in [1.29, 1.82) is 0 Å². The van der Waals surface area contributed by atoms with Gasteiger partial charge >= 0.3 is 0 Å². The Hall–Kier alpha value is -3.23. The highest BCUT2D eigenvalue weighted by molar-refractivity contribution is 6.35. The van der Waals surface area contributed by atoms with Gasteiger partial charge in [-0.2, -0.15) is 5.10 Å². The summed E-state index contributed by atoms with van der Waals surface area (Å²) < 4.78 is 34.1. The molecule has 0 aliphatic rings. The third-order valence-electron chi connectivity index (χ3n) is 4.64. The number of anilines is 1. The van der Waals surface area contributed by atoms with Crippen molar-refractivity contribution in [2.45, 2.75) is 19.4 Å². The van der Waals surface area contributed by atoms with Gasteiger partial charge in [0.2, 0.25) is 5.91 Å². The number of nitrogens with one attached hydrogen (secondary N) is 1. The fraction of sp³-hybridized carbons (Fsp3) is 0.136. The van der Waals surface area contributed by atoms with Crippen LogP contribution in [0.5, 0.6) is 0 Å². The number of benzene rings is 2. The van der Waals surface area contributed by atoms with Crippen LogP contribution in [0, 0.1) is 11.6 Å². The summed E-state index contributed by atoms with van der Waals surface area (Å²) in [5.41, 5.74) is 0.898. The minimum absolute atomic E-state index is 0.0821. The Balaban J connectivity index is 1.36. The van der Waals surface area contributed by atoms with Crippen molar-refractivity contribution in [3.8, 4) is 11.3 Å². The first-order valence-corrected chi connectivity index (χ1v) is 10.3. The Morgan fingerprint density at radius 1 is 1.12 bits per heavy atom. The molecule has 2 aromatic carbocycles. The number of rotatable bonds is 7. The summed E-state index contributed by atoms with van der Waals surface area (Å²) in [7, 11) is 0. The van der Waals surface area contributed by atoms with E-state index < -0.39 is 11.6 Å². The predicted molar refractivity (Wildman–Crippen MR) is 117 cm³/mol. The molecule has 164 valence electrons. The van der Waals surface area contributed by atoms with Gasteiger partial charge in [0, 0.05) is 35.0 Å². The van der Waals surface area contributed by atoms with E-state index in [1.165, 1.54) is 12.3 Å². The van der Waals surface area contributed by atoms with Gasteiger partial charge in [0.15, 0.2) is 11.7 Å². The molecule has 0 fully saturated rings. The lowest BCUT2D eigenvalue weighted by Crippen LogP contribution is -2.16. The number of oxazole rings is 1. The van der Waals surface area contributed by atoms with Gasteiger partial charge in [-0.3, -0.25) is 4.79 Å². The standard InChI is InChI=1S/C22H16Cl2F2N4O2/c23-14-2-1-13(17(24)9-14)12-30-20(7-8-28-30)29-21(31)5-6-22-27-11-19(32-22)16-4-3-15(25)10-18(16)26/h1-4,7-11H,5-6,12H2,(H,29,31). The van der Waals surface area contributed by atoms with Crippen molar-refractivity contribution in [1.82, 2.24) is 14.8 Å². The molecule has 6 nitrogen and oxygen atoms in total. The van der Waals surface area contributed by atoms with E-state index in [2.05, 4.69) is 15.4 Å². The van der Waals surface area contributed by atoms with E-state index in [1.807, 2.05) is 0 Å². The quantitative estimate of drug-likeness (QED) is 0.368. The predicted octanol–water partition coefficient (Wildman–Crippen LogP) is 5.74. The van der Waals surface area contributed by atoms with E-state index in [4.69, 9.17) is 27.6 Å². The molecular weight excluding hydrogens is 461 g/mol. The first kappa shape index (κ1) is 22.0. The molecule has 0 aliphatic carbocycles. The molecule has 0 unspecified atom stereocenters. The zero-order valence-corrected chi connectivity index (χ0v) is 18.0. The van der Waals surface area contributed by atoms with Crippen LogP contribution in [0.2, 0.25) is 10.0 Å². The maximum absolute atomic E-state index is 13.9. The maximum atomic E-state index is 13.9. The van der Waals surface area contributed by atoms with Crippen LogP contribution in [0.1, 0.15) is 17.9 Å². The SMILES string of the molecule is O=C(CCc1ncc(-c2ccc(F)cc2F)o1)Nc1ccnn1Cc1ccc(Cl)cc1Cl. The van der Waals surface area contributed by atoms with E-state index in [-0.39, 0.29) is 36.0 Å². The van der Waals surface area contributed by atoms with Gasteiger partial charge in [-0.1, -0.05) is 29.3 Å². The number of halogens is 4. The van der Waals surface area contributed by atoms with Crippen molar-refractivity contribution >= 4 is 34.9 Å². The second kappa shape index (κ2) is 9.50. The summed E-state index contributed by atoms with van der Waals surface area (Å²) in [6.45, 7) is 0.352. The summed E-state index contributed by atoms with van der Waals surface area (Å²) in [5, 5.41) is 8.04. The number of amides is 1. The zero-order valence-electron chi connectivity index (χ0n) is 16.5. The van der Waals surface area contributed by atoms with Gasteiger partial charge in [-0.25, -0.2) is 18.4 Å². The highest BCUT2D eigenvalue weighted by atomic mass is 35.5. The van der Waals surface area contributed by atoms with Crippen LogP contribution in [0.4, 0.5) is 14.6 Å². The second-order valence-electron chi connectivity index (χ2n) is 6.90. The van der Waals surface area contributed by atoms with Gasteiger partial charge in [-0.05, 0) is 29.8 Å². The number of carbonyl (C=O) groups is 1. The summed E-state index contributed by atoms with van der Waals surface area (Å²) in [6, 6.07) is 10.0. The van der Waals surface area contributed by atoms with Crippen molar-refractivity contribution in [2.24, 2.45) is 0 Å². The average Bonchev–Trinajstić information content (AvgIpc) is 3.38. The highest BCUT2D eigenvalue weighted by Gasteiger charge is 2.14. The van der Waals surface area contributed by atoms with Gasteiger partial charge < -0.3 is 9.73 Å². The molecule has 1 amide bonds. The van der Waals surface area contributed by atoms with E-state index >= 15 is 0 Å². The molecule has 0 saturated carbocycles. The maximum Gasteiger partial charge on any atom is 0.226 e. The summed E-state index contributed by atoms with van der Waals surface area (Å²) in [6.07, 6.45) is 3.19. The van der Waals surface area contributed by atoms with Crippen LogP contribution in [0.3, 0.4) is 0 Å². The van der Waals surface area contributed by atoms with Gasteiger partial charge in [0.05, 0.1) is 24.5 Å². The van der Waals surface area contributed by atoms with E-state index in [0.29, 0.717) is 22.4 Å². The van der Waals surface area contributed by atoms with E-state index in [9.17, 15) is 13.6 Å². The fourth-order valence-electron chi connectivity index (χ4n) is 3.04. The lowest BCUT2D eigenvalue weighted by molar-refractivity contribution is -0.116. The first-order chi connectivity index (χ1) is 15.4. The molecular formula is C22H16Cl2F2N4O2. The van der Waals surface area contributed by atoms with Gasteiger partial charge in [0.25, 0.3) is 0 Å². The Morgan fingerprint density at radius 3 is 2.75 bits per heavy atom. The fourth-order valence-corrected chi connectivity index (χ4v) is 3.51. The lowest BCUT2D eigenvalue weighted by Gasteiger charge is -2.10. The van der Waals surface area contributed by atoms with Crippen LogP contribution in [-0.4, -0.2) is 20.7 Å². The average molecular weight is 477 g/mol. The summed E-state index contributed by atoms with van der Waals surface area (Å²) in [5.74, 6) is -0.778. The molecule has 1 N–H and O–H groups in total. The smallest absolute Gasteiger partial charge is 0.226 e. The summed E-state index contributed by atoms with van der Waals surface area (Å²) >= 11 is 12.1. The number of nitrogens with zero attached hydrogens (tertiary/aromatic N) is 3. The Bertz CT molecular complexity index is 1270. The Kier molecular flexibility index (Phi) is 6.53. The first-order valence-electron chi connectivity index (χ1n) is 9.55. The van der Waals surface area contributed by atoms with E-state index in [1.54, 1.807) is 35.1 Å². The van der Waals surface area contributed by atoms with Crippen molar-refractivity contribution in [3.05, 3.63) is 88.0 Å². The topological polar surface area (TPSA) is 73.0 Å². The number of aromatic nitrogens is 3. The van der Waals surface area contributed by atoms with Crippen molar-refractivity contribution < 1.29 is 18.0 Å². The third-order valence-corrected chi connectivity index (χ3v) is 5.22. The molecule has 0 saturated heterocycles. The molecule has 4 aromatic rings. The number of hydrogen-bond donors (Lipinski definition) is 1. The zero-order chi connectivity index (χ0) is 22.7. The van der Waals surface area contributed by atoms with Gasteiger partial charge in [-0.15, -0.1) is 0 Å². The number of carbonyl (C=O) groups excluding carboxylic acids is 1. The van der Waals surface area contributed by atoms with Crippen LogP contribution in [0.15, 0.2) is 59.3 Å². The van der Waals surface area contributed by atoms with Crippen LogP contribution in [0.25, 0.3) is 11.3 Å². The Labute approximate surface area is 191 Å². The van der Waals surface area contributed by atoms with Crippen molar-refractivity contribution in [2.75, 3.05) is 5.32 Å². The molecule has 4 rings (SSSR count). The van der Waals surface area contributed by atoms with Gasteiger partial charge in [0.1, 0.15) is 17.5 Å². The molecule has 0 bridgehead atoms.